The predicted octanol–water partition coefficient (Wildman–Crippen LogP) is 1.78. The first-order valence-corrected chi connectivity index (χ1v) is 6.99. The SMILES string of the molecule is CCCCNc1cnn(CCN(C)C)c(=O)c1Br. The van der Waals surface area contributed by atoms with E-state index in [2.05, 4.69) is 33.3 Å². The zero-order chi connectivity index (χ0) is 13.5. The molecule has 0 fully saturated rings. The summed E-state index contributed by atoms with van der Waals surface area (Å²) in [5.41, 5.74) is 0.688. The third-order valence-corrected chi connectivity index (χ3v) is 3.36. The zero-order valence-electron chi connectivity index (χ0n) is 11.2. The summed E-state index contributed by atoms with van der Waals surface area (Å²) >= 11 is 3.34. The van der Waals surface area contributed by atoms with Gasteiger partial charge in [0.25, 0.3) is 5.56 Å². The molecular formula is C12H21BrN4O. The van der Waals surface area contributed by atoms with Crippen molar-refractivity contribution in [1.29, 1.82) is 0 Å². The van der Waals surface area contributed by atoms with Gasteiger partial charge < -0.3 is 10.2 Å². The Morgan fingerprint density at radius 1 is 1.50 bits per heavy atom. The second kappa shape index (κ2) is 7.53. The highest BCUT2D eigenvalue weighted by Crippen LogP contribution is 2.15. The normalized spacial score (nSPS) is 10.9. The smallest absolute Gasteiger partial charge is 0.283 e. The molecule has 1 aromatic rings. The minimum absolute atomic E-state index is 0.0849. The molecule has 0 saturated carbocycles. The Hall–Kier alpha value is -0.880. The number of rotatable bonds is 7. The molecule has 0 saturated heterocycles. The minimum Gasteiger partial charge on any atom is -0.383 e. The van der Waals surface area contributed by atoms with Crippen LogP contribution in [-0.2, 0) is 6.54 Å². The molecule has 6 heteroatoms. The van der Waals surface area contributed by atoms with Crippen molar-refractivity contribution in [3.8, 4) is 0 Å². The Kier molecular flexibility index (Phi) is 6.35. The average Bonchev–Trinajstić information content (AvgIpc) is 2.33. The molecule has 0 aromatic carbocycles. The molecule has 1 rings (SSSR count). The number of aromatic nitrogens is 2. The maximum Gasteiger partial charge on any atom is 0.283 e. The summed E-state index contributed by atoms with van der Waals surface area (Å²) in [5, 5.41) is 7.39. The van der Waals surface area contributed by atoms with Gasteiger partial charge in [0.2, 0.25) is 0 Å². The zero-order valence-corrected chi connectivity index (χ0v) is 12.8. The molecule has 5 nitrogen and oxygen atoms in total. The number of hydrogen-bond donors (Lipinski definition) is 1. The molecule has 0 atom stereocenters. The van der Waals surface area contributed by atoms with Crippen molar-refractivity contribution in [2.75, 3.05) is 32.5 Å². The first-order valence-electron chi connectivity index (χ1n) is 6.20. The largest absolute Gasteiger partial charge is 0.383 e. The fraction of sp³-hybridized carbons (Fsp3) is 0.667. The van der Waals surface area contributed by atoms with Gasteiger partial charge in [-0.1, -0.05) is 13.3 Å². The van der Waals surface area contributed by atoms with E-state index in [-0.39, 0.29) is 5.56 Å². The number of unbranched alkanes of at least 4 members (excludes halogenated alkanes) is 1. The summed E-state index contributed by atoms with van der Waals surface area (Å²) in [5.74, 6) is 0. The number of halogens is 1. The van der Waals surface area contributed by atoms with Crippen molar-refractivity contribution in [2.24, 2.45) is 0 Å². The lowest BCUT2D eigenvalue weighted by atomic mass is 10.3. The van der Waals surface area contributed by atoms with E-state index in [9.17, 15) is 4.79 Å². The van der Waals surface area contributed by atoms with Crippen LogP contribution < -0.4 is 10.9 Å². The van der Waals surface area contributed by atoms with Crippen LogP contribution in [0, 0.1) is 0 Å². The van der Waals surface area contributed by atoms with E-state index < -0.39 is 0 Å². The summed E-state index contributed by atoms with van der Waals surface area (Å²) < 4.78 is 2.04. The van der Waals surface area contributed by atoms with Crippen LogP contribution in [0.4, 0.5) is 5.69 Å². The lowest BCUT2D eigenvalue weighted by molar-refractivity contribution is 0.367. The monoisotopic (exact) mass is 316 g/mol. The van der Waals surface area contributed by atoms with Gasteiger partial charge in [-0.2, -0.15) is 5.10 Å². The average molecular weight is 317 g/mol. The molecule has 0 aliphatic rings. The molecule has 0 spiro atoms. The quantitative estimate of drug-likeness (QED) is 0.779. The molecule has 18 heavy (non-hydrogen) atoms. The highest BCUT2D eigenvalue weighted by atomic mass is 79.9. The molecule has 0 aliphatic heterocycles. The van der Waals surface area contributed by atoms with Crippen LogP contribution in [0.1, 0.15) is 19.8 Å². The van der Waals surface area contributed by atoms with E-state index in [1.54, 1.807) is 6.20 Å². The Morgan fingerprint density at radius 3 is 2.83 bits per heavy atom. The summed E-state index contributed by atoms with van der Waals surface area (Å²) in [4.78, 5) is 14.1. The van der Waals surface area contributed by atoms with Gasteiger partial charge >= 0.3 is 0 Å². The van der Waals surface area contributed by atoms with Crippen molar-refractivity contribution in [3.05, 3.63) is 21.0 Å². The van der Waals surface area contributed by atoms with Crippen LogP contribution in [0.25, 0.3) is 0 Å². The van der Waals surface area contributed by atoms with E-state index in [1.807, 2.05) is 19.0 Å². The van der Waals surface area contributed by atoms with Gasteiger partial charge in [0.1, 0.15) is 4.47 Å². The van der Waals surface area contributed by atoms with Gasteiger partial charge in [-0.25, -0.2) is 4.68 Å². The van der Waals surface area contributed by atoms with Crippen LogP contribution in [0.5, 0.6) is 0 Å². The molecule has 0 bridgehead atoms. The van der Waals surface area contributed by atoms with E-state index in [1.165, 1.54) is 4.68 Å². The maximum absolute atomic E-state index is 12.0. The number of hydrogen-bond acceptors (Lipinski definition) is 4. The van der Waals surface area contributed by atoms with Crippen molar-refractivity contribution in [2.45, 2.75) is 26.3 Å². The van der Waals surface area contributed by atoms with Crippen LogP contribution in [-0.4, -0.2) is 41.9 Å². The molecule has 0 amide bonds. The highest BCUT2D eigenvalue weighted by molar-refractivity contribution is 9.10. The Balaban J connectivity index is 2.75. The summed E-state index contributed by atoms with van der Waals surface area (Å²) in [6, 6.07) is 0. The molecule has 0 unspecified atom stereocenters. The van der Waals surface area contributed by atoms with Crippen LogP contribution in [0.2, 0.25) is 0 Å². The lowest BCUT2D eigenvalue weighted by Crippen LogP contribution is -2.29. The Bertz CT molecular complexity index is 431. The van der Waals surface area contributed by atoms with E-state index in [0.29, 0.717) is 11.0 Å². The third-order valence-electron chi connectivity index (χ3n) is 2.59. The fourth-order valence-corrected chi connectivity index (χ4v) is 1.89. The number of likely N-dealkylation sites (N-methyl/N-ethyl adjacent to an activating group) is 1. The van der Waals surface area contributed by atoms with E-state index >= 15 is 0 Å². The maximum atomic E-state index is 12.0. The number of nitrogens with one attached hydrogen (secondary N) is 1. The van der Waals surface area contributed by atoms with Gasteiger partial charge in [0.05, 0.1) is 18.4 Å². The summed E-state index contributed by atoms with van der Waals surface area (Å²) in [6.45, 7) is 4.38. The van der Waals surface area contributed by atoms with Crippen LogP contribution in [0.15, 0.2) is 15.5 Å². The highest BCUT2D eigenvalue weighted by Gasteiger charge is 2.08. The van der Waals surface area contributed by atoms with Crippen LogP contribution >= 0.6 is 15.9 Å². The van der Waals surface area contributed by atoms with Gasteiger partial charge in [0, 0.05) is 13.1 Å². The van der Waals surface area contributed by atoms with E-state index in [4.69, 9.17) is 0 Å². The second-order valence-electron chi connectivity index (χ2n) is 4.48. The first-order chi connectivity index (χ1) is 8.56. The second-order valence-corrected chi connectivity index (χ2v) is 5.28. The van der Waals surface area contributed by atoms with Gasteiger partial charge in [-0.05, 0) is 36.4 Å². The van der Waals surface area contributed by atoms with Crippen LogP contribution in [0.3, 0.4) is 0 Å². The minimum atomic E-state index is -0.0849. The molecule has 1 heterocycles. The lowest BCUT2D eigenvalue weighted by Gasteiger charge is -2.12. The Labute approximate surface area is 116 Å². The summed E-state index contributed by atoms with van der Waals surface area (Å²) in [7, 11) is 3.95. The van der Waals surface area contributed by atoms with Crippen molar-refractivity contribution >= 4 is 21.6 Å². The molecule has 0 aliphatic carbocycles. The van der Waals surface area contributed by atoms with Gasteiger partial charge in [-0.3, -0.25) is 4.79 Å². The molecule has 1 aromatic heterocycles. The predicted molar refractivity (Wildman–Crippen MR) is 78.1 cm³/mol. The first kappa shape index (κ1) is 15.2. The molecule has 0 radical (unpaired) electrons. The van der Waals surface area contributed by atoms with Gasteiger partial charge in [0.15, 0.2) is 0 Å². The van der Waals surface area contributed by atoms with Crippen molar-refractivity contribution < 1.29 is 0 Å². The fourth-order valence-electron chi connectivity index (χ4n) is 1.44. The number of nitrogens with zero attached hydrogens (tertiary/aromatic N) is 3. The number of anilines is 1. The molecule has 1 N–H and O–H groups in total. The van der Waals surface area contributed by atoms with Crippen molar-refractivity contribution in [1.82, 2.24) is 14.7 Å². The third kappa shape index (κ3) is 4.42. The topological polar surface area (TPSA) is 50.2 Å². The standard InChI is InChI=1S/C12H21BrN4O/c1-4-5-6-14-10-9-15-17(8-7-16(2)3)12(18)11(10)13/h9,14H,4-8H2,1-3H3. The van der Waals surface area contributed by atoms with Crippen molar-refractivity contribution in [3.63, 3.8) is 0 Å². The summed E-state index contributed by atoms with van der Waals surface area (Å²) in [6.07, 6.45) is 3.91. The van der Waals surface area contributed by atoms with Gasteiger partial charge in [-0.15, -0.1) is 0 Å². The Morgan fingerprint density at radius 2 is 2.22 bits per heavy atom. The molecule has 102 valence electrons. The molecular weight excluding hydrogens is 296 g/mol. The van der Waals surface area contributed by atoms with E-state index in [0.717, 1.165) is 31.6 Å².